The smallest absolute Gasteiger partial charge is 0.368 e. The maximum Gasteiger partial charge on any atom is 0.368 e. The highest BCUT2D eigenvalue weighted by Gasteiger charge is 2.13. The van der Waals surface area contributed by atoms with Gasteiger partial charge in [0.1, 0.15) is 5.58 Å². The van der Waals surface area contributed by atoms with Crippen molar-refractivity contribution in [2.45, 2.75) is 13.8 Å². The first-order valence-corrected chi connectivity index (χ1v) is 6.98. The van der Waals surface area contributed by atoms with Crippen molar-refractivity contribution in [3.05, 3.63) is 45.3 Å². The Morgan fingerprint density at radius 2 is 2.00 bits per heavy atom. The molecule has 0 aliphatic rings. The second-order valence-electron chi connectivity index (χ2n) is 4.42. The lowest BCUT2D eigenvalue weighted by atomic mass is 10.2. The van der Waals surface area contributed by atoms with Gasteiger partial charge in [0.05, 0.1) is 11.1 Å². The molecule has 0 radical (unpaired) electrons. The van der Waals surface area contributed by atoms with Crippen LogP contribution in [0, 0.1) is 13.8 Å². The number of nitrogens with zero attached hydrogens (tertiary/aromatic N) is 3. The Kier molecular flexibility index (Phi) is 3.26. The van der Waals surface area contributed by atoms with Crippen LogP contribution in [0.2, 0.25) is 0 Å². The first-order valence-electron chi connectivity index (χ1n) is 6.17. The average molecular weight is 301 g/mol. The molecule has 0 spiro atoms. The zero-order chi connectivity index (χ0) is 15.0. The fraction of sp³-hybridized carbons (Fsp3) is 0.143. The number of para-hydroxylation sites is 1. The molecule has 1 aromatic carbocycles. The van der Waals surface area contributed by atoms with E-state index in [9.17, 15) is 9.90 Å². The van der Waals surface area contributed by atoms with Crippen molar-refractivity contribution in [3.8, 4) is 5.75 Å². The van der Waals surface area contributed by atoms with Crippen LogP contribution >= 0.6 is 11.3 Å². The zero-order valence-electron chi connectivity index (χ0n) is 11.3. The van der Waals surface area contributed by atoms with Crippen LogP contribution in [0.25, 0.3) is 11.0 Å². The monoisotopic (exact) mass is 301 g/mol. The highest BCUT2D eigenvalue weighted by molar-refractivity contribution is 7.15. The summed E-state index contributed by atoms with van der Waals surface area (Å²) in [6.07, 6.45) is 0. The SMILES string of the molecule is Cc1nc(N=Nc2c(O)c3ccccc3oc2=O)sc1C. The van der Waals surface area contributed by atoms with Crippen LogP contribution in [0.15, 0.2) is 43.7 Å². The van der Waals surface area contributed by atoms with Crippen LogP contribution in [-0.2, 0) is 0 Å². The van der Waals surface area contributed by atoms with Crippen molar-refractivity contribution < 1.29 is 9.52 Å². The number of rotatable bonds is 2. The highest BCUT2D eigenvalue weighted by atomic mass is 32.1. The molecule has 2 heterocycles. The van der Waals surface area contributed by atoms with Crippen molar-refractivity contribution in [1.82, 2.24) is 4.98 Å². The van der Waals surface area contributed by atoms with Gasteiger partial charge in [-0.05, 0) is 26.0 Å². The summed E-state index contributed by atoms with van der Waals surface area (Å²) < 4.78 is 5.10. The van der Waals surface area contributed by atoms with Gasteiger partial charge >= 0.3 is 5.63 Å². The maximum atomic E-state index is 11.8. The van der Waals surface area contributed by atoms with Crippen LogP contribution in [0.5, 0.6) is 5.75 Å². The average Bonchev–Trinajstić information content (AvgIpc) is 2.77. The minimum absolute atomic E-state index is 0.223. The van der Waals surface area contributed by atoms with Gasteiger partial charge in [-0.2, -0.15) is 0 Å². The molecule has 0 bridgehead atoms. The zero-order valence-corrected chi connectivity index (χ0v) is 12.1. The van der Waals surface area contributed by atoms with Crippen molar-refractivity contribution >= 4 is 33.1 Å². The van der Waals surface area contributed by atoms with Crippen molar-refractivity contribution in [1.29, 1.82) is 0 Å². The van der Waals surface area contributed by atoms with Gasteiger partial charge in [0.2, 0.25) is 10.8 Å². The van der Waals surface area contributed by atoms with Crippen LogP contribution in [-0.4, -0.2) is 10.1 Å². The van der Waals surface area contributed by atoms with E-state index in [1.807, 2.05) is 13.8 Å². The van der Waals surface area contributed by atoms with Gasteiger partial charge in [-0.15, -0.1) is 10.2 Å². The number of aryl methyl sites for hydroxylation is 2. The summed E-state index contributed by atoms with van der Waals surface area (Å²) in [7, 11) is 0. The van der Waals surface area contributed by atoms with E-state index in [1.165, 1.54) is 11.3 Å². The second kappa shape index (κ2) is 5.10. The number of aromatic hydroxyl groups is 1. The van der Waals surface area contributed by atoms with Gasteiger partial charge in [0.15, 0.2) is 5.75 Å². The third-order valence-electron chi connectivity index (χ3n) is 3.02. The standard InChI is InChI=1S/C14H11N3O3S/c1-7-8(2)21-14(15-7)17-16-11-12(18)9-5-3-4-6-10(9)20-13(11)19/h3-6,18H,1-2H3. The number of thiazole rings is 1. The molecule has 2 aromatic heterocycles. The third kappa shape index (κ3) is 2.43. The Morgan fingerprint density at radius 1 is 1.24 bits per heavy atom. The molecule has 3 aromatic rings. The number of hydrogen-bond acceptors (Lipinski definition) is 7. The summed E-state index contributed by atoms with van der Waals surface area (Å²) in [6, 6.07) is 6.69. The lowest BCUT2D eigenvalue weighted by molar-refractivity contribution is 0.469. The summed E-state index contributed by atoms with van der Waals surface area (Å²) in [4.78, 5) is 17.1. The molecular weight excluding hydrogens is 290 g/mol. The molecule has 0 fully saturated rings. The summed E-state index contributed by atoms with van der Waals surface area (Å²) >= 11 is 1.36. The largest absolute Gasteiger partial charge is 0.505 e. The topological polar surface area (TPSA) is 88.1 Å². The molecule has 0 unspecified atom stereocenters. The van der Waals surface area contributed by atoms with Gasteiger partial charge in [0.25, 0.3) is 0 Å². The lowest BCUT2D eigenvalue weighted by Gasteiger charge is -2.00. The minimum atomic E-state index is -0.736. The molecule has 7 heteroatoms. The fourth-order valence-electron chi connectivity index (χ4n) is 1.80. The molecule has 0 amide bonds. The van der Waals surface area contributed by atoms with Crippen molar-refractivity contribution in [2.24, 2.45) is 10.2 Å². The van der Waals surface area contributed by atoms with E-state index in [4.69, 9.17) is 4.42 Å². The number of fused-ring (bicyclic) bond motifs is 1. The summed E-state index contributed by atoms with van der Waals surface area (Å²) in [5, 5.41) is 18.7. The van der Waals surface area contributed by atoms with E-state index in [-0.39, 0.29) is 11.4 Å². The second-order valence-corrected chi connectivity index (χ2v) is 5.60. The molecule has 0 aliphatic heterocycles. The van der Waals surface area contributed by atoms with Crippen LogP contribution < -0.4 is 5.63 Å². The quantitative estimate of drug-likeness (QED) is 0.572. The number of benzene rings is 1. The predicted molar refractivity (Wildman–Crippen MR) is 79.9 cm³/mol. The van der Waals surface area contributed by atoms with Gasteiger partial charge < -0.3 is 9.52 Å². The van der Waals surface area contributed by atoms with E-state index >= 15 is 0 Å². The first-order chi connectivity index (χ1) is 10.1. The molecule has 106 valence electrons. The fourth-order valence-corrected chi connectivity index (χ4v) is 2.53. The number of aromatic nitrogens is 1. The summed E-state index contributed by atoms with van der Waals surface area (Å²) in [6.45, 7) is 3.79. The Hall–Kier alpha value is -2.54. The molecule has 0 atom stereocenters. The Bertz CT molecular complexity index is 892. The van der Waals surface area contributed by atoms with E-state index in [0.29, 0.717) is 16.1 Å². The van der Waals surface area contributed by atoms with Crippen molar-refractivity contribution in [2.75, 3.05) is 0 Å². The van der Waals surface area contributed by atoms with Crippen LogP contribution in [0.4, 0.5) is 10.8 Å². The number of azo groups is 1. The maximum absolute atomic E-state index is 11.8. The van der Waals surface area contributed by atoms with Gasteiger partial charge in [-0.25, -0.2) is 9.78 Å². The first kappa shape index (κ1) is 13.4. The lowest BCUT2D eigenvalue weighted by Crippen LogP contribution is -1.98. The number of hydrogen-bond donors (Lipinski definition) is 1. The molecule has 0 saturated heterocycles. The van der Waals surface area contributed by atoms with Crippen molar-refractivity contribution in [3.63, 3.8) is 0 Å². The van der Waals surface area contributed by atoms with E-state index in [2.05, 4.69) is 15.2 Å². The molecule has 1 N–H and O–H groups in total. The van der Waals surface area contributed by atoms with Crippen LogP contribution in [0.3, 0.4) is 0 Å². The Labute approximate surface area is 123 Å². The molecule has 3 rings (SSSR count). The van der Waals surface area contributed by atoms with Crippen LogP contribution in [0.1, 0.15) is 10.6 Å². The molecular formula is C14H11N3O3S. The minimum Gasteiger partial charge on any atom is -0.505 e. The molecule has 6 nitrogen and oxygen atoms in total. The van der Waals surface area contributed by atoms with Gasteiger partial charge in [-0.1, -0.05) is 23.5 Å². The normalized spacial score (nSPS) is 11.5. The summed E-state index contributed by atoms with van der Waals surface area (Å²) in [5.74, 6) is -0.240. The molecule has 0 saturated carbocycles. The Morgan fingerprint density at radius 3 is 2.71 bits per heavy atom. The van der Waals surface area contributed by atoms with E-state index in [0.717, 1.165) is 10.6 Å². The Balaban J connectivity index is 2.10. The van der Waals surface area contributed by atoms with E-state index < -0.39 is 5.63 Å². The summed E-state index contributed by atoms with van der Waals surface area (Å²) in [5.41, 5.74) is 0.211. The predicted octanol–water partition coefficient (Wildman–Crippen LogP) is 3.99. The molecule has 0 aliphatic carbocycles. The molecule has 21 heavy (non-hydrogen) atoms. The highest BCUT2D eigenvalue weighted by Crippen LogP contribution is 2.33. The van der Waals surface area contributed by atoms with Gasteiger partial charge in [0, 0.05) is 4.88 Å². The van der Waals surface area contributed by atoms with Gasteiger partial charge in [-0.3, -0.25) is 0 Å². The van der Waals surface area contributed by atoms with E-state index in [1.54, 1.807) is 24.3 Å². The third-order valence-corrected chi connectivity index (χ3v) is 3.97.